The van der Waals surface area contributed by atoms with Gasteiger partial charge in [-0.1, -0.05) is 36.4 Å². The Hall–Kier alpha value is -2.64. The topological polar surface area (TPSA) is 48.1 Å². The molecule has 2 aliphatic rings. The standard InChI is InChI=1S/C21H24N4O2S/c26-21-25(20(28)22-17-7-3-1-4-8-17)16-19(27-21)15-23-11-13-24(14-12-23)18-9-5-2-6-10-18/h1-10,19H,11-16H2,(H,22,28)/t19-/m0/s1. The maximum absolute atomic E-state index is 12.2. The summed E-state index contributed by atoms with van der Waals surface area (Å²) in [6.45, 7) is 5.07. The Morgan fingerprint density at radius 2 is 1.64 bits per heavy atom. The number of benzene rings is 2. The van der Waals surface area contributed by atoms with Gasteiger partial charge in [0.15, 0.2) is 5.11 Å². The van der Waals surface area contributed by atoms with E-state index in [9.17, 15) is 4.79 Å². The quantitative estimate of drug-likeness (QED) is 0.802. The lowest BCUT2D eigenvalue weighted by molar-refractivity contribution is 0.105. The SMILES string of the molecule is O=C1O[C@@H](CN2CCN(c3ccccc3)CC2)CN1C(=S)Nc1ccccc1. The third kappa shape index (κ3) is 4.43. The molecule has 0 saturated carbocycles. The van der Waals surface area contributed by atoms with Crippen molar-refractivity contribution in [3.63, 3.8) is 0 Å². The Bertz CT molecular complexity index is 810. The van der Waals surface area contributed by atoms with Crippen molar-refractivity contribution in [2.75, 3.05) is 49.5 Å². The second kappa shape index (κ2) is 8.58. The van der Waals surface area contributed by atoms with Gasteiger partial charge >= 0.3 is 6.09 Å². The van der Waals surface area contributed by atoms with Crippen LogP contribution in [0.3, 0.4) is 0 Å². The van der Waals surface area contributed by atoms with Crippen LogP contribution in [0.1, 0.15) is 0 Å². The van der Waals surface area contributed by atoms with Crippen molar-refractivity contribution < 1.29 is 9.53 Å². The summed E-state index contributed by atoms with van der Waals surface area (Å²) < 4.78 is 5.55. The molecule has 146 valence electrons. The van der Waals surface area contributed by atoms with Crippen molar-refractivity contribution in [3.05, 3.63) is 60.7 Å². The molecule has 1 atom stereocenters. The first-order valence-corrected chi connectivity index (χ1v) is 9.96. The molecule has 2 aromatic carbocycles. The Morgan fingerprint density at radius 3 is 2.32 bits per heavy atom. The van der Waals surface area contributed by atoms with Gasteiger partial charge in [-0.3, -0.25) is 9.80 Å². The Balaban J connectivity index is 1.26. The molecule has 7 heteroatoms. The third-order valence-electron chi connectivity index (χ3n) is 5.10. The van der Waals surface area contributed by atoms with Crippen LogP contribution in [-0.4, -0.2) is 66.4 Å². The normalized spacial score (nSPS) is 20.1. The van der Waals surface area contributed by atoms with E-state index in [-0.39, 0.29) is 12.2 Å². The highest BCUT2D eigenvalue weighted by Gasteiger charge is 2.35. The highest BCUT2D eigenvalue weighted by Crippen LogP contribution is 2.18. The van der Waals surface area contributed by atoms with Crippen molar-refractivity contribution >= 4 is 34.8 Å². The van der Waals surface area contributed by atoms with E-state index < -0.39 is 0 Å². The zero-order valence-corrected chi connectivity index (χ0v) is 16.5. The van der Waals surface area contributed by atoms with Crippen LogP contribution in [0.25, 0.3) is 0 Å². The van der Waals surface area contributed by atoms with E-state index in [1.54, 1.807) is 0 Å². The van der Waals surface area contributed by atoms with E-state index in [1.165, 1.54) is 10.6 Å². The molecule has 6 nitrogen and oxygen atoms in total. The number of anilines is 2. The van der Waals surface area contributed by atoms with Crippen LogP contribution >= 0.6 is 12.2 Å². The Kier molecular flexibility index (Phi) is 5.73. The van der Waals surface area contributed by atoms with E-state index in [0.29, 0.717) is 11.7 Å². The molecule has 0 radical (unpaired) electrons. The van der Waals surface area contributed by atoms with E-state index in [1.807, 2.05) is 36.4 Å². The van der Waals surface area contributed by atoms with Gasteiger partial charge in [-0.15, -0.1) is 0 Å². The third-order valence-corrected chi connectivity index (χ3v) is 5.42. The summed E-state index contributed by atoms with van der Waals surface area (Å²) in [5.41, 5.74) is 2.12. The van der Waals surface area contributed by atoms with Gasteiger partial charge in [-0.25, -0.2) is 4.79 Å². The van der Waals surface area contributed by atoms with Gasteiger partial charge in [0, 0.05) is 44.1 Å². The number of hydrogen-bond acceptors (Lipinski definition) is 5. The number of nitrogens with zero attached hydrogens (tertiary/aromatic N) is 3. The lowest BCUT2D eigenvalue weighted by Gasteiger charge is -2.36. The number of ether oxygens (including phenoxy) is 1. The van der Waals surface area contributed by atoms with Crippen LogP contribution in [0.15, 0.2) is 60.7 Å². The zero-order valence-electron chi connectivity index (χ0n) is 15.7. The molecule has 4 rings (SSSR count). The molecule has 1 amide bonds. The smallest absolute Gasteiger partial charge is 0.416 e. The fraction of sp³-hybridized carbons (Fsp3) is 0.333. The lowest BCUT2D eigenvalue weighted by atomic mass is 10.2. The van der Waals surface area contributed by atoms with E-state index in [4.69, 9.17) is 17.0 Å². The predicted molar refractivity (Wildman–Crippen MR) is 115 cm³/mol. The Morgan fingerprint density at radius 1 is 1.00 bits per heavy atom. The number of rotatable bonds is 4. The summed E-state index contributed by atoms with van der Waals surface area (Å²) in [5.74, 6) is 0. The molecule has 0 unspecified atom stereocenters. The van der Waals surface area contributed by atoms with Gasteiger partial charge in [-0.05, 0) is 36.5 Å². The number of hydrogen-bond donors (Lipinski definition) is 1. The lowest BCUT2D eigenvalue weighted by Crippen LogP contribution is -2.49. The molecule has 0 spiro atoms. The number of amides is 1. The van der Waals surface area contributed by atoms with Crippen molar-refractivity contribution in [1.29, 1.82) is 0 Å². The number of cyclic esters (lactones) is 1. The molecule has 2 fully saturated rings. The molecule has 28 heavy (non-hydrogen) atoms. The summed E-state index contributed by atoms with van der Waals surface area (Å²) >= 11 is 5.39. The van der Waals surface area contributed by atoms with Crippen molar-refractivity contribution in [2.24, 2.45) is 0 Å². The Labute approximate surface area is 170 Å². The number of carbonyl (C=O) groups is 1. The fourth-order valence-corrected chi connectivity index (χ4v) is 3.88. The van der Waals surface area contributed by atoms with Crippen LogP contribution in [0.4, 0.5) is 16.2 Å². The minimum absolute atomic E-state index is 0.161. The maximum Gasteiger partial charge on any atom is 0.416 e. The van der Waals surface area contributed by atoms with Crippen LogP contribution in [0.5, 0.6) is 0 Å². The number of thiocarbonyl (C=S) groups is 1. The van der Waals surface area contributed by atoms with Gasteiger partial charge in [0.2, 0.25) is 0 Å². The summed E-state index contributed by atoms with van der Waals surface area (Å²) in [6.07, 6.45) is -0.535. The molecular weight excluding hydrogens is 372 g/mol. The first-order chi connectivity index (χ1) is 13.7. The molecule has 2 heterocycles. The fourth-order valence-electron chi connectivity index (χ4n) is 3.61. The van der Waals surface area contributed by atoms with E-state index in [2.05, 4.69) is 39.4 Å². The second-order valence-electron chi connectivity index (χ2n) is 7.04. The van der Waals surface area contributed by atoms with Crippen LogP contribution < -0.4 is 10.2 Å². The molecule has 0 aliphatic carbocycles. The maximum atomic E-state index is 12.2. The molecular formula is C21H24N4O2S. The average molecular weight is 397 g/mol. The number of carbonyl (C=O) groups excluding carboxylic acids is 1. The first kappa shape index (κ1) is 18.7. The van der Waals surface area contributed by atoms with Crippen molar-refractivity contribution in [1.82, 2.24) is 9.80 Å². The van der Waals surface area contributed by atoms with Crippen LogP contribution in [0, 0.1) is 0 Å². The van der Waals surface area contributed by atoms with Crippen LogP contribution in [0.2, 0.25) is 0 Å². The molecule has 1 N–H and O–H groups in total. The van der Waals surface area contributed by atoms with Gasteiger partial charge in [-0.2, -0.15) is 0 Å². The molecule has 0 bridgehead atoms. The molecule has 2 aliphatic heterocycles. The highest BCUT2D eigenvalue weighted by atomic mass is 32.1. The van der Waals surface area contributed by atoms with Gasteiger partial charge in [0.1, 0.15) is 6.10 Å². The van der Waals surface area contributed by atoms with Crippen molar-refractivity contribution in [3.8, 4) is 0 Å². The monoisotopic (exact) mass is 396 g/mol. The predicted octanol–water partition coefficient (Wildman–Crippen LogP) is 3.03. The second-order valence-corrected chi connectivity index (χ2v) is 7.42. The molecule has 2 aromatic rings. The summed E-state index contributed by atoms with van der Waals surface area (Å²) in [7, 11) is 0. The molecule has 0 aromatic heterocycles. The number of piperazine rings is 1. The minimum atomic E-state index is -0.374. The highest BCUT2D eigenvalue weighted by molar-refractivity contribution is 7.80. The van der Waals surface area contributed by atoms with Gasteiger partial charge < -0.3 is 15.0 Å². The largest absolute Gasteiger partial charge is 0.443 e. The van der Waals surface area contributed by atoms with E-state index >= 15 is 0 Å². The number of para-hydroxylation sites is 2. The number of nitrogens with one attached hydrogen (secondary N) is 1. The van der Waals surface area contributed by atoms with Crippen LogP contribution in [-0.2, 0) is 4.74 Å². The van der Waals surface area contributed by atoms with E-state index in [0.717, 1.165) is 38.4 Å². The first-order valence-electron chi connectivity index (χ1n) is 9.55. The zero-order chi connectivity index (χ0) is 19.3. The van der Waals surface area contributed by atoms with Gasteiger partial charge in [0.05, 0.1) is 6.54 Å². The minimum Gasteiger partial charge on any atom is -0.443 e. The van der Waals surface area contributed by atoms with Gasteiger partial charge in [0.25, 0.3) is 0 Å². The summed E-state index contributed by atoms with van der Waals surface area (Å²) in [4.78, 5) is 18.5. The molecule has 2 saturated heterocycles. The summed E-state index contributed by atoms with van der Waals surface area (Å²) in [5, 5.41) is 3.48. The van der Waals surface area contributed by atoms with Crippen molar-refractivity contribution in [2.45, 2.75) is 6.10 Å². The summed E-state index contributed by atoms with van der Waals surface area (Å²) in [6, 6.07) is 20.1. The average Bonchev–Trinajstić information content (AvgIpc) is 3.10.